The van der Waals surface area contributed by atoms with Crippen LogP contribution in [-0.4, -0.2) is 77.8 Å². The number of phenols is 1. The molecule has 0 saturated heterocycles. The first-order chi connectivity index (χ1) is 30.0. The topological polar surface area (TPSA) is 354 Å². The van der Waals surface area contributed by atoms with Gasteiger partial charge in [-0.05, 0) is 65.5 Å². The second-order valence-corrected chi connectivity index (χ2v) is 18.8. The fraction of sp³-hybridized carbons (Fsp3) is 0.0270. The van der Waals surface area contributed by atoms with Gasteiger partial charge in [0.25, 0.3) is 46.4 Å². The first-order valence-electron chi connectivity index (χ1n) is 17.6. The SMILES string of the molecule is O=C(Nc1ccc(S(=O)(=O)O)c2cc(S(=O)(=O)O)c(N=Nc3ccc4c(CNc5nc(F)nc(Nc6cccc(S(=O)(=O)O)c6)n5)cccc4c3S(=O)(=O)O)c(O)c12)c1ccccc1. The van der Waals surface area contributed by atoms with Gasteiger partial charge < -0.3 is 21.1 Å². The molecule has 0 unspecified atom stereocenters. The van der Waals surface area contributed by atoms with Crippen LogP contribution in [0.3, 0.4) is 0 Å². The van der Waals surface area contributed by atoms with Gasteiger partial charge in [-0.15, -0.1) is 10.2 Å². The van der Waals surface area contributed by atoms with E-state index in [9.17, 15) is 66.2 Å². The molecule has 0 aliphatic heterocycles. The van der Waals surface area contributed by atoms with E-state index in [1.54, 1.807) is 6.07 Å². The van der Waals surface area contributed by atoms with Crippen molar-refractivity contribution in [2.45, 2.75) is 26.1 Å². The number of carbonyl (C=O) groups excluding carboxylic acids is 1. The third kappa shape index (κ3) is 9.60. The molecule has 7 aromatic rings. The average molecular weight is 955 g/mol. The molecule has 0 radical (unpaired) electrons. The molecule has 1 heterocycles. The van der Waals surface area contributed by atoms with Crippen molar-refractivity contribution >= 4 is 103 Å². The van der Waals surface area contributed by atoms with Crippen molar-refractivity contribution in [1.29, 1.82) is 0 Å². The summed E-state index contributed by atoms with van der Waals surface area (Å²) in [4.78, 5) is 20.6. The van der Waals surface area contributed by atoms with Gasteiger partial charge in [0, 0.05) is 28.6 Å². The van der Waals surface area contributed by atoms with Crippen molar-refractivity contribution < 1.29 is 66.2 Å². The summed E-state index contributed by atoms with van der Waals surface area (Å²) >= 11 is 0. The number of fused-ring (bicyclic) bond motifs is 2. The van der Waals surface area contributed by atoms with Crippen molar-refractivity contribution in [1.82, 2.24) is 15.0 Å². The molecule has 0 spiro atoms. The van der Waals surface area contributed by atoms with Crippen LogP contribution in [0.15, 0.2) is 133 Å². The number of benzene rings is 6. The van der Waals surface area contributed by atoms with E-state index in [0.717, 1.165) is 30.3 Å². The number of phenolic OH excluding ortho intramolecular Hbond substituents is 1. The number of azo groups is 1. The maximum Gasteiger partial charge on any atom is 0.315 e. The summed E-state index contributed by atoms with van der Waals surface area (Å²) in [7, 11) is -20.4. The molecule has 1 amide bonds. The van der Waals surface area contributed by atoms with Crippen LogP contribution in [0, 0.1) is 6.08 Å². The lowest BCUT2D eigenvalue weighted by atomic mass is 10.0. The van der Waals surface area contributed by atoms with Crippen molar-refractivity contribution in [3.05, 3.63) is 120 Å². The normalized spacial score (nSPS) is 12.5. The summed E-state index contributed by atoms with van der Waals surface area (Å²) in [6.07, 6.45) is -1.27. The van der Waals surface area contributed by atoms with E-state index in [0.29, 0.717) is 11.6 Å². The molecule has 0 fully saturated rings. The quantitative estimate of drug-likeness (QED) is 0.0483. The van der Waals surface area contributed by atoms with Gasteiger partial charge in [-0.2, -0.15) is 53.0 Å². The number of nitrogens with one attached hydrogen (secondary N) is 3. The number of anilines is 4. The lowest BCUT2D eigenvalue weighted by molar-refractivity contribution is 0.102. The molecular weight excluding hydrogens is 928 g/mol. The Morgan fingerprint density at radius 3 is 2.00 bits per heavy atom. The summed E-state index contributed by atoms with van der Waals surface area (Å²) in [5, 5.41) is 25.5. The van der Waals surface area contributed by atoms with Crippen LogP contribution in [0.5, 0.6) is 5.75 Å². The molecule has 0 aliphatic rings. The summed E-state index contributed by atoms with van der Waals surface area (Å²) < 4.78 is 154. The van der Waals surface area contributed by atoms with Crippen molar-refractivity contribution in [2.24, 2.45) is 10.2 Å². The predicted molar refractivity (Wildman–Crippen MR) is 224 cm³/mol. The lowest BCUT2D eigenvalue weighted by Gasteiger charge is -2.15. The number of rotatable bonds is 13. The Hall–Kier alpha value is -7.11. The Kier molecular flexibility index (Phi) is 11.8. The van der Waals surface area contributed by atoms with Crippen LogP contribution in [0.2, 0.25) is 0 Å². The highest BCUT2D eigenvalue weighted by Crippen LogP contribution is 2.47. The van der Waals surface area contributed by atoms with Crippen LogP contribution < -0.4 is 16.0 Å². The number of aromatic nitrogens is 3. The molecule has 27 heteroatoms. The van der Waals surface area contributed by atoms with E-state index >= 15 is 0 Å². The summed E-state index contributed by atoms with van der Waals surface area (Å²) in [5.41, 5.74) is -1.64. The van der Waals surface area contributed by atoms with Gasteiger partial charge in [0.2, 0.25) is 11.9 Å². The van der Waals surface area contributed by atoms with Crippen molar-refractivity contribution in [2.75, 3.05) is 16.0 Å². The number of nitrogens with zero attached hydrogens (tertiary/aromatic N) is 5. The summed E-state index contributed by atoms with van der Waals surface area (Å²) in [6.45, 7) is -0.234. The Labute approximate surface area is 360 Å². The van der Waals surface area contributed by atoms with Gasteiger partial charge >= 0.3 is 6.08 Å². The zero-order valence-electron chi connectivity index (χ0n) is 31.7. The van der Waals surface area contributed by atoms with Gasteiger partial charge in [-0.1, -0.05) is 48.5 Å². The molecule has 1 aromatic heterocycles. The number of aromatic hydroxyl groups is 1. The van der Waals surface area contributed by atoms with E-state index in [4.69, 9.17) is 0 Å². The second kappa shape index (κ2) is 16.9. The molecule has 7 rings (SSSR count). The molecule has 22 nitrogen and oxygen atoms in total. The highest BCUT2D eigenvalue weighted by atomic mass is 32.2. The van der Waals surface area contributed by atoms with Gasteiger partial charge in [0.1, 0.15) is 26.1 Å². The molecule has 6 aromatic carbocycles. The molecule has 64 heavy (non-hydrogen) atoms. The highest BCUT2D eigenvalue weighted by Gasteiger charge is 2.29. The molecule has 330 valence electrons. The average Bonchev–Trinajstić information content (AvgIpc) is 3.20. The molecule has 0 bridgehead atoms. The fourth-order valence-corrected chi connectivity index (χ4v) is 9.04. The zero-order valence-corrected chi connectivity index (χ0v) is 34.9. The third-order valence-electron chi connectivity index (χ3n) is 9.05. The fourth-order valence-electron chi connectivity index (χ4n) is 6.35. The zero-order chi connectivity index (χ0) is 46.4. The smallest absolute Gasteiger partial charge is 0.315 e. The predicted octanol–water partition coefficient (Wildman–Crippen LogP) is 6.03. The maximum atomic E-state index is 14.5. The Bertz CT molecular complexity index is 3570. The van der Waals surface area contributed by atoms with E-state index in [1.807, 2.05) is 0 Å². The number of halogens is 1. The van der Waals surface area contributed by atoms with Crippen LogP contribution in [0.1, 0.15) is 15.9 Å². The van der Waals surface area contributed by atoms with Gasteiger partial charge in [-0.25, -0.2) is 0 Å². The minimum atomic E-state index is -5.45. The molecule has 0 saturated carbocycles. The first-order valence-corrected chi connectivity index (χ1v) is 23.3. The Balaban J connectivity index is 1.29. The van der Waals surface area contributed by atoms with E-state index in [1.165, 1.54) is 60.7 Å². The van der Waals surface area contributed by atoms with Crippen LogP contribution >= 0.6 is 0 Å². The number of carbonyl (C=O) groups is 1. The first kappa shape index (κ1) is 44.9. The molecule has 0 aliphatic carbocycles. The van der Waals surface area contributed by atoms with Gasteiger partial charge in [0.05, 0.1) is 16.0 Å². The highest BCUT2D eigenvalue weighted by molar-refractivity contribution is 7.87. The van der Waals surface area contributed by atoms with Crippen LogP contribution in [0.25, 0.3) is 21.5 Å². The summed E-state index contributed by atoms with van der Waals surface area (Å²) in [6, 6.07) is 21.1. The van der Waals surface area contributed by atoms with Gasteiger partial charge in [0.15, 0.2) is 5.75 Å². The monoisotopic (exact) mass is 954 g/mol. The number of hydrogen-bond acceptors (Lipinski definition) is 17. The standard InChI is InChI=1S/C37H27FN8O14S4/c38-35-42-36(44-37(43-35)40-21-9-5-10-22(16-21)61(49,50)51)39-18-20-8-4-11-24-23(20)12-13-27(33(24)64(58,59)60)45-46-31-29(63(55,56)57)17-25-28(62(52,53)54)15-14-26(30(25)32(31)47)41-34(48)19-6-2-1-3-7-19/h1-17,47H,18H2,(H,41,48)(H,49,50,51)(H,52,53,54)(H,55,56,57)(H,58,59,60)(H2,39,40,42,43,44). The Morgan fingerprint density at radius 2 is 1.33 bits per heavy atom. The number of amides is 1. The van der Waals surface area contributed by atoms with Gasteiger partial charge in [-0.3, -0.25) is 23.0 Å². The van der Waals surface area contributed by atoms with E-state index in [2.05, 4.69) is 41.1 Å². The minimum absolute atomic E-state index is 0.0554. The second-order valence-electron chi connectivity index (χ2n) is 13.2. The van der Waals surface area contributed by atoms with Crippen LogP contribution in [0.4, 0.5) is 39.0 Å². The third-order valence-corrected chi connectivity index (χ3v) is 12.6. The molecular formula is C37H27FN8O14S4. The maximum absolute atomic E-state index is 14.5. The van der Waals surface area contributed by atoms with Crippen molar-refractivity contribution in [3.8, 4) is 5.75 Å². The minimum Gasteiger partial charge on any atom is -0.505 e. The summed E-state index contributed by atoms with van der Waals surface area (Å²) in [5.74, 6) is -2.73. The van der Waals surface area contributed by atoms with E-state index < -0.39 is 99.9 Å². The Morgan fingerprint density at radius 1 is 0.641 bits per heavy atom. The van der Waals surface area contributed by atoms with Crippen LogP contribution in [-0.2, 0) is 47.0 Å². The molecule has 8 N–H and O–H groups in total. The largest absolute Gasteiger partial charge is 0.505 e. The molecule has 0 atom stereocenters. The van der Waals surface area contributed by atoms with E-state index in [-0.39, 0.29) is 46.2 Å². The van der Waals surface area contributed by atoms with Crippen molar-refractivity contribution in [3.63, 3.8) is 0 Å². The lowest BCUT2D eigenvalue weighted by Crippen LogP contribution is -2.13. The number of hydrogen-bond donors (Lipinski definition) is 8.